The van der Waals surface area contributed by atoms with Crippen molar-refractivity contribution < 1.29 is 0 Å². The molecule has 2 aromatic heterocycles. The maximum absolute atomic E-state index is 4.86. The number of nitrogens with zero attached hydrogens (tertiary/aromatic N) is 4. The van der Waals surface area contributed by atoms with Crippen LogP contribution in [0.25, 0.3) is 21.1 Å². The van der Waals surface area contributed by atoms with Crippen LogP contribution in [0.15, 0.2) is 48.7 Å². The number of fused-ring (bicyclic) bond motifs is 2. The number of nitrogens with one attached hydrogen (secondary N) is 1. The maximum Gasteiger partial charge on any atom is 0.111 e. The van der Waals surface area contributed by atoms with Gasteiger partial charge in [0.15, 0.2) is 0 Å². The summed E-state index contributed by atoms with van der Waals surface area (Å²) in [5.74, 6) is 0. The summed E-state index contributed by atoms with van der Waals surface area (Å²) in [5.41, 5.74) is 3.60. The van der Waals surface area contributed by atoms with Gasteiger partial charge in [0, 0.05) is 38.1 Å². The molecule has 5 nitrogen and oxygen atoms in total. The van der Waals surface area contributed by atoms with Gasteiger partial charge in [-0.15, -0.1) is 11.3 Å². The number of thiazole rings is 1. The van der Waals surface area contributed by atoms with Gasteiger partial charge in [-0.25, -0.2) is 4.98 Å². The van der Waals surface area contributed by atoms with E-state index in [1.165, 1.54) is 20.7 Å². The lowest BCUT2D eigenvalue weighted by Gasteiger charge is -2.37. The quantitative estimate of drug-likeness (QED) is 0.583. The zero-order chi connectivity index (χ0) is 18.2. The van der Waals surface area contributed by atoms with Crippen molar-refractivity contribution >= 4 is 32.5 Å². The Morgan fingerprint density at radius 3 is 2.78 bits per heavy atom. The zero-order valence-electron chi connectivity index (χ0n) is 15.4. The second-order valence-electron chi connectivity index (χ2n) is 7.26. The molecular formula is C21H23N5S. The van der Waals surface area contributed by atoms with Gasteiger partial charge >= 0.3 is 0 Å². The second-order valence-corrected chi connectivity index (χ2v) is 8.32. The van der Waals surface area contributed by atoms with Crippen molar-refractivity contribution in [3.8, 4) is 0 Å². The van der Waals surface area contributed by atoms with Crippen molar-refractivity contribution in [3.63, 3.8) is 0 Å². The third-order valence-electron chi connectivity index (χ3n) is 5.59. The number of rotatable bonds is 4. The molecule has 2 aromatic carbocycles. The molecule has 0 bridgehead atoms. The molecular weight excluding hydrogens is 354 g/mol. The molecule has 1 atom stereocenters. The number of aromatic amines is 1. The van der Waals surface area contributed by atoms with Gasteiger partial charge in [-0.05, 0) is 30.7 Å². The Bertz CT molecular complexity index is 1030. The lowest BCUT2D eigenvalue weighted by atomic mass is 10.1. The van der Waals surface area contributed by atoms with Crippen molar-refractivity contribution in [3.05, 3.63) is 59.2 Å². The van der Waals surface area contributed by atoms with Gasteiger partial charge in [0.25, 0.3) is 0 Å². The molecule has 0 amide bonds. The Morgan fingerprint density at radius 2 is 1.93 bits per heavy atom. The predicted octanol–water partition coefficient (Wildman–Crippen LogP) is 4.05. The van der Waals surface area contributed by atoms with Crippen LogP contribution in [0.3, 0.4) is 0 Å². The van der Waals surface area contributed by atoms with Crippen molar-refractivity contribution in [2.75, 3.05) is 26.2 Å². The molecule has 0 aliphatic carbocycles. The minimum atomic E-state index is 0.377. The summed E-state index contributed by atoms with van der Waals surface area (Å²) in [4.78, 5) is 9.96. The van der Waals surface area contributed by atoms with Crippen LogP contribution in [0.4, 0.5) is 0 Å². The third kappa shape index (κ3) is 3.25. The molecule has 1 fully saturated rings. The van der Waals surface area contributed by atoms with Crippen LogP contribution >= 0.6 is 11.3 Å². The SMILES string of the molecule is CC(c1nc2ccccc2s1)N1CCN(Cc2cccc3[nH]ncc23)CC1. The Labute approximate surface area is 162 Å². The Hall–Kier alpha value is -2.28. The first-order valence-corrected chi connectivity index (χ1v) is 10.3. The smallest absolute Gasteiger partial charge is 0.111 e. The van der Waals surface area contributed by atoms with E-state index in [4.69, 9.17) is 4.98 Å². The fraction of sp³-hybridized carbons (Fsp3) is 0.333. The monoisotopic (exact) mass is 377 g/mol. The molecule has 1 unspecified atom stereocenters. The molecule has 27 heavy (non-hydrogen) atoms. The Kier molecular flexibility index (Phi) is 4.39. The van der Waals surface area contributed by atoms with Crippen LogP contribution in [0, 0.1) is 0 Å². The van der Waals surface area contributed by atoms with Gasteiger partial charge in [-0.3, -0.25) is 14.9 Å². The van der Waals surface area contributed by atoms with E-state index in [9.17, 15) is 0 Å². The third-order valence-corrected chi connectivity index (χ3v) is 6.80. The second kappa shape index (κ2) is 7.03. The van der Waals surface area contributed by atoms with Crippen molar-refractivity contribution in [2.45, 2.75) is 19.5 Å². The fourth-order valence-electron chi connectivity index (χ4n) is 3.94. The summed E-state index contributed by atoms with van der Waals surface area (Å²) < 4.78 is 1.28. The van der Waals surface area contributed by atoms with Crippen LogP contribution in [0.2, 0.25) is 0 Å². The Balaban J connectivity index is 1.25. The normalized spacial score (nSPS) is 17.7. The van der Waals surface area contributed by atoms with Crippen molar-refractivity contribution in [1.82, 2.24) is 25.0 Å². The summed E-state index contributed by atoms with van der Waals surface area (Å²) in [6.07, 6.45) is 1.94. The van der Waals surface area contributed by atoms with Gasteiger partial charge in [-0.1, -0.05) is 24.3 Å². The molecule has 0 radical (unpaired) electrons. The highest BCUT2D eigenvalue weighted by atomic mass is 32.1. The van der Waals surface area contributed by atoms with E-state index >= 15 is 0 Å². The van der Waals surface area contributed by atoms with Gasteiger partial charge in [-0.2, -0.15) is 5.10 Å². The molecule has 1 saturated heterocycles. The molecule has 4 aromatic rings. The van der Waals surface area contributed by atoms with Crippen LogP contribution in [0.1, 0.15) is 23.5 Å². The lowest BCUT2D eigenvalue weighted by Crippen LogP contribution is -2.46. The highest BCUT2D eigenvalue weighted by molar-refractivity contribution is 7.18. The minimum Gasteiger partial charge on any atom is -0.297 e. The summed E-state index contributed by atoms with van der Waals surface area (Å²) in [7, 11) is 0. The van der Waals surface area contributed by atoms with Gasteiger partial charge in [0.2, 0.25) is 0 Å². The first-order chi connectivity index (χ1) is 13.3. The summed E-state index contributed by atoms with van der Waals surface area (Å²) >= 11 is 1.83. The largest absolute Gasteiger partial charge is 0.297 e. The average Bonchev–Trinajstić information content (AvgIpc) is 3.35. The Morgan fingerprint density at radius 1 is 1.07 bits per heavy atom. The molecule has 0 spiro atoms. The number of H-pyrrole nitrogens is 1. The summed E-state index contributed by atoms with van der Waals surface area (Å²) in [6.45, 7) is 7.61. The predicted molar refractivity (Wildman–Crippen MR) is 111 cm³/mol. The molecule has 6 heteroatoms. The van der Waals surface area contributed by atoms with Gasteiger partial charge in [0.05, 0.1) is 28.0 Å². The van der Waals surface area contributed by atoms with Crippen LogP contribution in [0.5, 0.6) is 0 Å². The molecule has 1 aliphatic heterocycles. The van der Waals surface area contributed by atoms with Crippen LogP contribution in [-0.2, 0) is 6.54 Å². The molecule has 1 aliphatic rings. The van der Waals surface area contributed by atoms with E-state index in [0.717, 1.165) is 43.8 Å². The van der Waals surface area contributed by atoms with E-state index in [0.29, 0.717) is 6.04 Å². The molecule has 3 heterocycles. The number of piperazine rings is 1. The topological polar surface area (TPSA) is 48.1 Å². The molecule has 138 valence electrons. The molecule has 1 N–H and O–H groups in total. The number of hydrogen-bond acceptors (Lipinski definition) is 5. The number of benzene rings is 2. The summed E-state index contributed by atoms with van der Waals surface area (Å²) in [6, 6.07) is 15.2. The van der Waals surface area contributed by atoms with Crippen LogP contribution < -0.4 is 0 Å². The van der Waals surface area contributed by atoms with E-state index in [1.54, 1.807) is 0 Å². The summed E-state index contributed by atoms with van der Waals surface area (Å²) in [5, 5.41) is 9.72. The average molecular weight is 378 g/mol. The number of hydrogen-bond donors (Lipinski definition) is 1. The molecule has 5 rings (SSSR count). The fourth-order valence-corrected chi connectivity index (χ4v) is 5.00. The standard InChI is InChI=1S/C21H23N5S/c1-15(21-23-19-6-2-3-8-20(19)27-21)26-11-9-25(10-12-26)14-16-5-4-7-18-17(16)13-22-24-18/h2-8,13,15H,9-12,14H2,1H3,(H,22,24). The highest BCUT2D eigenvalue weighted by Gasteiger charge is 2.24. The van der Waals surface area contributed by atoms with E-state index in [2.05, 4.69) is 69.4 Å². The van der Waals surface area contributed by atoms with E-state index in [1.807, 2.05) is 17.5 Å². The first kappa shape index (κ1) is 16.9. The molecule has 0 saturated carbocycles. The number of para-hydroxylation sites is 1. The number of aromatic nitrogens is 3. The van der Waals surface area contributed by atoms with Crippen LogP contribution in [-0.4, -0.2) is 51.2 Å². The van der Waals surface area contributed by atoms with Crippen molar-refractivity contribution in [2.24, 2.45) is 0 Å². The zero-order valence-corrected chi connectivity index (χ0v) is 16.2. The lowest BCUT2D eigenvalue weighted by molar-refractivity contribution is 0.0981. The first-order valence-electron chi connectivity index (χ1n) is 9.51. The van der Waals surface area contributed by atoms with E-state index in [-0.39, 0.29) is 0 Å². The van der Waals surface area contributed by atoms with Crippen molar-refractivity contribution in [1.29, 1.82) is 0 Å². The van der Waals surface area contributed by atoms with E-state index < -0.39 is 0 Å². The van der Waals surface area contributed by atoms with Gasteiger partial charge in [0.1, 0.15) is 5.01 Å². The highest BCUT2D eigenvalue weighted by Crippen LogP contribution is 2.30. The maximum atomic E-state index is 4.86. The van der Waals surface area contributed by atoms with Gasteiger partial charge < -0.3 is 0 Å². The minimum absolute atomic E-state index is 0.377.